The monoisotopic (exact) mass is 278 g/mol. The van der Waals surface area contributed by atoms with Crippen LogP contribution in [0.15, 0.2) is 25.3 Å². The second-order valence-electron chi connectivity index (χ2n) is 2.91. The molecule has 2 heteroatoms. The van der Waals surface area contributed by atoms with Gasteiger partial charge in [-0.2, -0.15) is 12.3 Å². The first-order valence-corrected chi connectivity index (χ1v) is 11.2. The molecule has 0 aromatic heterocycles. The molecule has 0 unspecified atom stereocenters. The minimum atomic E-state index is 0.887. The van der Waals surface area contributed by atoms with Crippen molar-refractivity contribution < 1.29 is 16.3 Å². The average molecular weight is 281 g/mol. The number of rotatable bonds is 5. The van der Waals surface area contributed by atoms with Gasteiger partial charge in [0.15, 0.2) is 0 Å². The molecule has 0 aromatic carbocycles. The van der Waals surface area contributed by atoms with Gasteiger partial charge in [0, 0.05) is 0 Å². The fourth-order valence-corrected chi connectivity index (χ4v) is 1.30. The van der Waals surface area contributed by atoms with Crippen molar-refractivity contribution in [2.24, 2.45) is 5.92 Å². The van der Waals surface area contributed by atoms with Crippen LogP contribution in [0.5, 0.6) is 0 Å². The molecule has 0 nitrogen and oxygen atoms in total. The van der Waals surface area contributed by atoms with E-state index < -0.39 is 0 Å². The Hall–Kier alpha value is 0.583. The van der Waals surface area contributed by atoms with Gasteiger partial charge in [0.05, 0.1) is 0 Å². The van der Waals surface area contributed by atoms with Crippen LogP contribution in [0.4, 0.5) is 0 Å². The fourth-order valence-electron chi connectivity index (χ4n) is 1.30. The van der Waals surface area contributed by atoms with Gasteiger partial charge in [-0.05, 0) is 0 Å². The molecule has 1 rings (SSSR count). The molecule has 0 radical (unpaired) electrons. The summed E-state index contributed by atoms with van der Waals surface area (Å²) in [6.45, 7) is 7.42. The molecule has 0 bridgehead atoms. The molecule has 0 saturated heterocycles. The summed E-state index contributed by atoms with van der Waals surface area (Å²) in [4.78, 5) is 0. The van der Waals surface area contributed by atoms with E-state index in [1.54, 1.807) is 5.92 Å². The summed E-state index contributed by atoms with van der Waals surface area (Å²) < 4.78 is 0. The third-order valence-electron chi connectivity index (χ3n) is 2.05. The van der Waals surface area contributed by atoms with Gasteiger partial charge in [0.1, 0.15) is 0 Å². The van der Waals surface area contributed by atoms with Crippen LogP contribution in [0.25, 0.3) is 0 Å². The van der Waals surface area contributed by atoms with E-state index in [9.17, 15) is 0 Å². The maximum absolute atomic E-state index is 3.72. The van der Waals surface area contributed by atoms with E-state index in [-0.39, 0.29) is 0 Å². The minimum absolute atomic E-state index is 0.887. The van der Waals surface area contributed by atoms with Crippen LogP contribution in [0.2, 0.25) is 0 Å². The molecule has 1 aliphatic rings. The van der Waals surface area contributed by atoms with E-state index >= 15 is 0 Å². The first kappa shape index (κ1) is 12.6. The van der Waals surface area contributed by atoms with Crippen LogP contribution < -0.4 is 0 Å². The van der Waals surface area contributed by atoms with Crippen molar-refractivity contribution in [2.45, 2.75) is 25.7 Å². The van der Waals surface area contributed by atoms with Crippen molar-refractivity contribution >= 4 is 13.6 Å². The van der Waals surface area contributed by atoms with E-state index in [4.69, 9.17) is 0 Å². The van der Waals surface area contributed by atoms with E-state index in [0.717, 1.165) is 12.3 Å². The van der Waals surface area contributed by atoms with E-state index in [1.165, 1.54) is 35.6 Å². The van der Waals surface area contributed by atoms with Crippen LogP contribution in [-0.2, 0) is 16.3 Å². The van der Waals surface area contributed by atoms with Gasteiger partial charge in [0.2, 0.25) is 0 Å². The van der Waals surface area contributed by atoms with Gasteiger partial charge in [-0.25, -0.2) is 6.42 Å². The Bertz CT molecular complexity index is 134. The molecule has 1 atom stereocenters. The molecule has 0 aromatic rings. The van der Waals surface area contributed by atoms with Crippen LogP contribution in [0, 0.1) is 11.8 Å². The molecule has 1 aliphatic carbocycles. The standard InChI is InChI=1S/C10H15.BrH.Zn/c1-3-5-7-10-8-9(10)6-4-2;;/h3-4,9H,1-2,5-8H2;1H;/q-1;;+2/p-1/t9-;;/m0../s1. The second-order valence-corrected chi connectivity index (χ2v) is 2.91. The van der Waals surface area contributed by atoms with Gasteiger partial charge >= 0.3 is 30.0 Å². The molecule has 1 saturated carbocycles. The second kappa shape index (κ2) is 8.19. The Balaban J connectivity index is 0.000000561. The van der Waals surface area contributed by atoms with Crippen molar-refractivity contribution in [3.8, 4) is 0 Å². The van der Waals surface area contributed by atoms with Crippen LogP contribution in [0.1, 0.15) is 25.7 Å². The zero-order chi connectivity index (χ0) is 9.40. The Morgan fingerprint density at radius 2 is 2.08 bits per heavy atom. The predicted octanol–water partition coefficient (Wildman–Crippen LogP) is 3.97. The van der Waals surface area contributed by atoms with Gasteiger partial charge in [-0.15, -0.1) is 13.2 Å². The summed E-state index contributed by atoms with van der Waals surface area (Å²) >= 11 is 4.25. The Labute approximate surface area is 92.5 Å². The van der Waals surface area contributed by atoms with Gasteiger partial charge in [-0.3, -0.25) is 0 Å². The third-order valence-corrected chi connectivity index (χ3v) is 2.05. The molecule has 0 heterocycles. The first-order valence-electron chi connectivity index (χ1n) is 4.21. The summed E-state index contributed by atoms with van der Waals surface area (Å²) in [5, 5.41) is 0. The summed E-state index contributed by atoms with van der Waals surface area (Å²) in [5.74, 6) is 2.61. The molecule has 0 aliphatic heterocycles. The molecule has 0 spiro atoms. The first-order chi connectivity index (χ1) is 5.88. The Morgan fingerprint density at radius 1 is 1.42 bits per heavy atom. The van der Waals surface area contributed by atoms with Crippen LogP contribution in [-0.4, -0.2) is 0 Å². The molecule has 1 fully saturated rings. The fraction of sp³-hybridized carbons (Fsp3) is 0.500. The topological polar surface area (TPSA) is 0 Å². The van der Waals surface area contributed by atoms with Crippen molar-refractivity contribution in [1.82, 2.24) is 0 Å². The normalized spacial score (nSPS) is 20.8. The molecular formula is C10H15BrZn. The van der Waals surface area contributed by atoms with Crippen molar-refractivity contribution in [1.29, 1.82) is 0 Å². The maximum atomic E-state index is 3.72. The number of hydrogen-bond donors (Lipinski definition) is 0. The van der Waals surface area contributed by atoms with Crippen molar-refractivity contribution in [2.75, 3.05) is 0 Å². The predicted molar refractivity (Wildman–Crippen MR) is 54.5 cm³/mol. The number of allylic oxidation sites excluding steroid dienone is 2. The summed E-state index contributed by atoms with van der Waals surface area (Å²) in [7, 11) is 0. The Morgan fingerprint density at radius 3 is 2.58 bits per heavy atom. The average Bonchev–Trinajstić information content (AvgIpc) is 2.85. The Kier molecular flexibility index (Phi) is 8.59. The molecule has 0 amide bonds. The van der Waals surface area contributed by atoms with Crippen molar-refractivity contribution in [3.05, 3.63) is 31.2 Å². The van der Waals surface area contributed by atoms with E-state index in [2.05, 4.69) is 26.8 Å². The zero-order valence-electron chi connectivity index (χ0n) is 7.56. The number of hydrogen-bond acceptors (Lipinski definition) is 0. The number of halogens is 1. The zero-order valence-corrected chi connectivity index (χ0v) is 12.1. The van der Waals surface area contributed by atoms with E-state index in [0.29, 0.717) is 0 Å². The van der Waals surface area contributed by atoms with E-state index in [1.807, 2.05) is 12.2 Å². The third kappa shape index (κ3) is 5.27. The van der Waals surface area contributed by atoms with Crippen LogP contribution >= 0.6 is 13.6 Å². The summed E-state index contributed by atoms with van der Waals surface area (Å²) in [6, 6.07) is 0. The quantitative estimate of drug-likeness (QED) is 0.406. The van der Waals surface area contributed by atoms with Gasteiger partial charge in [-0.1, -0.05) is 25.0 Å². The summed E-state index contributed by atoms with van der Waals surface area (Å²) in [6.07, 6.45) is 8.97. The molecule has 12 heavy (non-hydrogen) atoms. The summed E-state index contributed by atoms with van der Waals surface area (Å²) in [5.41, 5.74) is 0. The van der Waals surface area contributed by atoms with Crippen molar-refractivity contribution in [3.63, 3.8) is 0 Å². The van der Waals surface area contributed by atoms with Gasteiger partial charge in [0.25, 0.3) is 0 Å². The van der Waals surface area contributed by atoms with Gasteiger partial charge < -0.3 is 5.92 Å². The van der Waals surface area contributed by atoms with Crippen LogP contribution in [0.3, 0.4) is 0 Å². The SMILES string of the molecule is C=CCC[C-]1C[C@@H]1CC=C.[Zn+][Br]. The molecular weight excluding hydrogens is 265 g/mol. The molecule has 64 valence electrons. The molecule has 0 N–H and O–H groups in total.